The maximum atomic E-state index is 9.12. The first-order chi connectivity index (χ1) is 4.70. The lowest BCUT2D eigenvalue weighted by molar-refractivity contribution is 0.199. The molecular formula is C7H8INO. The molecule has 1 atom stereocenters. The number of hydrogen-bond acceptors (Lipinski definition) is 2. The summed E-state index contributed by atoms with van der Waals surface area (Å²) in [7, 11) is 0. The van der Waals surface area contributed by atoms with Gasteiger partial charge < -0.3 is 5.11 Å². The minimum absolute atomic E-state index is 0.392. The Morgan fingerprint density at radius 3 is 2.80 bits per heavy atom. The highest BCUT2D eigenvalue weighted by molar-refractivity contribution is 14.1. The van der Waals surface area contributed by atoms with Gasteiger partial charge in [-0.2, -0.15) is 0 Å². The van der Waals surface area contributed by atoms with E-state index in [1.807, 2.05) is 12.1 Å². The maximum absolute atomic E-state index is 9.12. The first-order valence-corrected chi connectivity index (χ1v) is 4.07. The zero-order chi connectivity index (χ0) is 7.56. The molecule has 1 unspecified atom stereocenters. The van der Waals surface area contributed by atoms with Crippen LogP contribution in [0, 0.1) is 3.70 Å². The number of rotatable bonds is 1. The van der Waals surface area contributed by atoms with E-state index in [2.05, 4.69) is 27.6 Å². The van der Waals surface area contributed by atoms with Gasteiger partial charge in [-0.05, 0) is 47.2 Å². The smallest absolute Gasteiger partial charge is 0.101 e. The molecule has 2 nitrogen and oxygen atoms in total. The van der Waals surface area contributed by atoms with Crippen LogP contribution in [0.3, 0.4) is 0 Å². The van der Waals surface area contributed by atoms with Crippen LogP contribution in [0.2, 0.25) is 0 Å². The predicted octanol–water partition coefficient (Wildman–Crippen LogP) is 1.74. The number of hydrogen-bond donors (Lipinski definition) is 1. The number of halogens is 1. The summed E-state index contributed by atoms with van der Waals surface area (Å²) in [4.78, 5) is 4.00. The van der Waals surface area contributed by atoms with Crippen LogP contribution in [-0.4, -0.2) is 10.1 Å². The van der Waals surface area contributed by atoms with Crippen molar-refractivity contribution in [2.75, 3.05) is 0 Å². The fraction of sp³-hybridized carbons (Fsp3) is 0.286. The molecule has 0 bridgehead atoms. The molecule has 1 heterocycles. The van der Waals surface area contributed by atoms with Crippen molar-refractivity contribution in [3.63, 3.8) is 0 Å². The summed E-state index contributed by atoms with van der Waals surface area (Å²) in [5.41, 5.74) is 0.916. The molecule has 0 aliphatic rings. The highest BCUT2D eigenvalue weighted by atomic mass is 127. The van der Waals surface area contributed by atoms with Crippen molar-refractivity contribution in [1.82, 2.24) is 4.98 Å². The van der Waals surface area contributed by atoms with Crippen molar-refractivity contribution in [2.24, 2.45) is 0 Å². The molecule has 0 radical (unpaired) electrons. The van der Waals surface area contributed by atoms with E-state index in [0.29, 0.717) is 0 Å². The van der Waals surface area contributed by atoms with Crippen LogP contribution in [0.25, 0.3) is 0 Å². The second-order valence-corrected chi connectivity index (χ2v) is 3.19. The lowest BCUT2D eigenvalue weighted by atomic mass is 10.2. The molecule has 0 aromatic carbocycles. The van der Waals surface area contributed by atoms with Crippen LogP contribution in [0.4, 0.5) is 0 Å². The molecule has 10 heavy (non-hydrogen) atoms. The van der Waals surface area contributed by atoms with E-state index in [1.165, 1.54) is 0 Å². The number of aliphatic hydroxyl groups is 1. The van der Waals surface area contributed by atoms with Gasteiger partial charge in [-0.15, -0.1) is 0 Å². The summed E-state index contributed by atoms with van der Waals surface area (Å²) in [6.45, 7) is 1.74. The fourth-order valence-corrected chi connectivity index (χ4v) is 1.20. The predicted molar refractivity (Wildman–Crippen MR) is 47.6 cm³/mol. The minimum atomic E-state index is -0.392. The molecule has 1 aromatic rings. The van der Waals surface area contributed by atoms with Crippen LogP contribution in [0.15, 0.2) is 18.3 Å². The molecule has 0 aliphatic carbocycles. The molecule has 0 fully saturated rings. The van der Waals surface area contributed by atoms with Crippen molar-refractivity contribution >= 4 is 22.6 Å². The van der Waals surface area contributed by atoms with E-state index < -0.39 is 6.10 Å². The van der Waals surface area contributed by atoms with Gasteiger partial charge in [-0.25, -0.2) is 0 Å². The highest BCUT2D eigenvalue weighted by Gasteiger charge is 1.99. The summed E-state index contributed by atoms with van der Waals surface area (Å²) in [5.74, 6) is 0. The van der Waals surface area contributed by atoms with Crippen LogP contribution in [0.1, 0.15) is 18.6 Å². The van der Waals surface area contributed by atoms with Gasteiger partial charge in [0.15, 0.2) is 0 Å². The van der Waals surface area contributed by atoms with Gasteiger partial charge in [0.25, 0.3) is 0 Å². The first kappa shape index (κ1) is 7.94. The zero-order valence-corrected chi connectivity index (χ0v) is 7.74. The zero-order valence-electron chi connectivity index (χ0n) is 5.58. The Labute approximate surface area is 73.4 Å². The Morgan fingerprint density at radius 1 is 1.70 bits per heavy atom. The third-order valence-electron chi connectivity index (χ3n) is 1.23. The Bertz CT molecular complexity index is 225. The molecule has 54 valence electrons. The van der Waals surface area contributed by atoms with Crippen molar-refractivity contribution in [1.29, 1.82) is 0 Å². The van der Waals surface area contributed by atoms with Crippen molar-refractivity contribution in [2.45, 2.75) is 13.0 Å². The van der Waals surface area contributed by atoms with Crippen LogP contribution in [0.5, 0.6) is 0 Å². The maximum Gasteiger partial charge on any atom is 0.101 e. The summed E-state index contributed by atoms with van der Waals surface area (Å²) < 4.78 is 0.913. The van der Waals surface area contributed by atoms with Crippen LogP contribution >= 0.6 is 22.6 Å². The molecule has 3 heteroatoms. The summed E-state index contributed by atoms with van der Waals surface area (Å²) in [5, 5.41) is 9.12. The van der Waals surface area contributed by atoms with E-state index in [9.17, 15) is 0 Å². The SMILES string of the molecule is CC(O)c1ccnc(I)c1. The van der Waals surface area contributed by atoms with Crippen molar-refractivity contribution in [3.8, 4) is 0 Å². The molecule has 0 aliphatic heterocycles. The average molecular weight is 249 g/mol. The van der Waals surface area contributed by atoms with Gasteiger partial charge >= 0.3 is 0 Å². The molecular weight excluding hydrogens is 241 g/mol. The Kier molecular flexibility index (Phi) is 2.62. The van der Waals surface area contributed by atoms with Gasteiger partial charge in [0.2, 0.25) is 0 Å². The number of nitrogens with zero attached hydrogens (tertiary/aromatic N) is 1. The second-order valence-electron chi connectivity index (χ2n) is 2.09. The van der Waals surface area contributed by atoms with Crippen molar-refractivity contribution < 1.29 is 5.11 Å². The largest absolute Gasteiger partial charge is 0.389 e. The van der Waals surface area contributed by atoms with Crippen molar-refractivity contribution in [3.05, 3.63) is 27.6 Å². The molecule has 1 N–H and O–H groups in total. The lowest BCUT2D eigenvalue weighted by Gasteiger charge is -2.02. The summed E-state index contributed by atoms with van der Waals surface area (Å²) >= 11 is 2.12. The fourth-order valence-electron chi connectivity index (χ4n) is 0.677. The van der Waals surface area contributed by atoms with Crippen LogP contribution < -0.4 is 0 Å². The number of pyridine rings is 1. The Hall–Kier alpha value is -0.160. The number of aliphatic hydroxyl groups excluding tert-OH is 1. The number of aromatic nitrogens is 1. The normalized spacial score (nSPS) is 13.1. The summed E-state index contributed by atoms with van der Waals surface area (Å²) in [6.07, 6.45) is 1.31. The Balaban J connectivity index is 2.96. The third kappa shape index (κ3) is 1.91. The highest BCUT2D eigenvalue weighted by Crippen LogP contribution is 2.12. The third-order valence-corrected chi connectivity index (χ3v) is 1.82. The average Bonchev–Trinajstić information content (AvgIpc) is 1.88. The van der Waals surface area contributed by atoms with E-state index in [-0.39, 0.29) is 0 Å². The summed E-state index contributed by atoms with van der Waals surface area (Å²) in [6, 6.07) is 3.68. The van der Waals surface area contributed by atoms with E-state index in [0.717, 1.165) is 9.26 Å². The Morgan fingerprint density at radius 2 is 2.40 bits per heavy atom. The molecule has 1 rings (SSSR count). The van der Waals surface area contributed by atoms with Gasteiger partial charge in [-0.3, -0.25) is 4.98 Å². The van der Waals surface area contributed by atoms with Gasteiger partial charge in [0, 0.05) is 6.20 Å². The monoisotopic (exact) mass is 249 g/mol. The second kappa shape index (κ2) is 3.30. The standard InChI is InChI=1S/C7H8INO/c1-5(10)6-2-3-9-7(8)4-6/h2-5,10H,1H3. The van der Waals surface area contributed by atoms with Gasteiger partial charge in [0.05, 0.1) is 6.10 Å². The van der Waals surface area contributed by atoms with E-state index >= 15 is 0 Å². The molecule has 1 aromatic heterocycles. The van der Waals surface area contributed by atoms with E-state index in [4.69, 9.17) is 5.11 Å². The topological polar surface area (TPSA) is 33.1 Å². The van der Waals surface area contributed by atoms with E-state index in [1.54, 1.807) is 13.1 Å². The molecule has 0 spiro atoms. The minimum Gasteiger partial charge on any atom is -0.389 e. The van der Waals surface area contributed by atoms with Gasteiger partial charge in [0.1, 0.15) is 3.70 Å². The lowest BCUT2D eigenvalue weighted by Crippen LogP contribution is -1.91. The quantitative estimate of drug-likeness (QED) is 0.607. The van der Waals surface area contributed by atoms with Crippen LogP contribution in [-0.2, 0) is 0 Å². The van der Waals surface area contributed by atoms with Gasteiger partial charge in [-0.1, -0.05) is 0 Å². The first-order valence-electron chi connectivity index (χ1n) is 2.99. The molecule has 0 amide bonds. The molecule has 0 saturated carbocycles. The molecule has 0 saturated heterocycles.